The fourth-order valence-corrected chi connectivity index (χ4v) is 4.75. The Hall–Kier alpha value is -3.84. The second-order valence-corrected chi connectivity index (χ2v) is 9.26. The second kappa shape index (κ2) is 11.9. The van der Waals surface area contributed by atoms with Crippen LogP contribution in [0.4, 0.5) is 0 Å². The smallest absolute Gasteiger partial charge is 0.336 e. The van der Waals surface area contributed by atoms with Gasteiger partial charge in [-0.2, -0.15) is 0 Å². The van der Waals surface area contributed by atoms with Gasteiger partial charge in [-0.25, -0.2) is 14.6 Å². The topological polar surface area (TPSA) is 93.3 Å². The fourth-order valence-electron chi connectivity index (χ4n) is 4.47. The zero-order valence-electron chi connectivity index (χ0n) is 21.1. The maximum Gasteiger partial charge on any atom is 0.336 e. The second-order valence-electron chi connectivity index (χ2n) is 8.91. The number of halogens is 1. The number of aromatic nitrogens is 2. The van der Waals surface area contributed by atoms with Crippen LogP contribution in [0.5, 0.6) is 0 Å². The maximum atomic E-state index is 13.4. The predicted molar refractivity (Wildman–Crippen MR) is 142 cm³/mol. The molecule has 1 aliphatic rings. The molecular weight excluding hydrogens is 490 g/mol. The Balaban J connectivity index is 1.57. The minimum absolute atomic E-state index is 0.189. The average Bonchev–Trinajstić information content (AvgIpc) is 3.22. The largest absolute Gasteiger partial charge is 0.462 e. The summed E-state index contributed by atoms with van der Waals surface area (Å²) in [6.07, 6.45) is 1.15. The van der Waals surface area contributed by atoms with Crippen LogP contribution in [-0.4, -0.2) is 35.1 Å². The van der Waals surface area contributed by atoms with Gasteiger partial charge in [-0.15, -0.1) is 0 Å². The molecule has 0 radical (unpaired) electrons. The summed E-state index contributed by atoms with van der Waals surface area (Å²) in [5.74, 6) is -1.31. The third-order valence-electron chi connectivity index (χ3n) is 6.23. The Bertz CT molecular complexity index is 1250. The molecule has 1 aromatic heterocycles. The first-order valence-electron chi connectivity index (χ1n) is 12.2. The van der Waals surface area contributed by atoms with Crippen LogP contribution in [0.15, 0.2) is 83.2 Å². The number of ether oxygens (including phenoxy) is 2. The summed E-state index contributed by atoms with van der Waals surface area (Å²) in [6, 6.07) is 19.6. The van der Waals surface area contributed by atoms with Gasteiger partial charge in [0.05, 0.1) is 36.0 Å². The number of hydrogen-bond acceptors (Lipinski definition) is 6. The van der Waals surface area contributed by atoms with Crippen molar-refractivity contribution in [3.63, 3.8) is 0 Å². The Kier molecular flexibility index (Phi) is 8.46. The number of hydrogen-bond donors (Lipinski definition) is 2. The van der Waals surface area contributed by atoms with E-state index in [1.165, 1.54) is 0 Å². The van der Waals surface area contributed by atoms with Crippen LogP contribution in [0, 0.1) is 6.92 Å². The number of nitrogens with one attached hydrogen (secondary N) is 2. The molecule has 0 atom stereocenters. The van der Waals surface area contributed by atoms with Crippen molar-refractivity contribution in [3.05, 3.63) is 111 Å². The van der Waals surface area contributed by atoms with Gasteiger partial charge in [0.1, 0.15) is 5.82 Å². The van der Waals surface area contributed by atoms with E-state index in [0.717, 1.165) is 11.1 Å². The molecule has 192 valence electrons. The molecule has 4 rings (SSSR count). The Labute approximate surface area is 221 Å². The number of rotatable bonds is 9. The standard InChI is InChI=1S/C29H30ClN3O4/c1-18-23(28(34)36-16-14-21-10-6-4-7-11-21)25(26-27(30)33-20(3)32-26)24(19(2)31-18)29(35)37-17-15-22-12-8-5-9-13-22/h4-13,25,31H,14-17H2,1-3H3,(H,32,33). The van der Waals surface area contributed by atoms with Crippen LogP contribution in [0.1, 0.15) is 42.4 Å². The van der Waals surface area contributed by atoms with Crippen molar-refractivity contribution >= 4 is 23.5 Å². The summed E-state index contributed by atoms with van der Waals surface area (Å²) < 4.78 is 11.3. The van der Waals surface area contributed by atoms with E-state index in [-0.39, 0.29) is 18.4 Å². The molecule has 37 heavy (non-hydrogen) atoms. The van der Waals surface area contributed by atoms with Crippen molar-refractivity contribution < 1.29 is 19.1 Å². The Morgan fingerprint density at radius 3 is 1.68 bits per heavy atom. The van der Waals surface area contributed by atoms with Crippen molar-refractivity contribution in [1.82, 2.24) is 15.3 Å². The quantitative estimate of drug-likeness (QED) is 0.378. The summed E-state index contributed by atoms with van der Waals surface area (Å²) in [7, 11) is 0. The molecule has 0 saturated carbocycles. The number of allylic oxidation sites excluding steroid dienone is 2. The molecule has 0 saturated heterocycles. The third kappa shape index (κ3) is 6.30. The summed E-state index contributed by atoms with van der Waals surface area (Å²) in [5.41, 5.74) is 4.31. The fraction of sp³-hybridized carbons (Fsp3) is 0.276. The van der Waals surface area contributed by atoms with E-state index in [1.807, 2.05) is 60.7 Å². The van der Waals surface area contributed by atoms with E-state index in [2.05, 4.69) is 15.3 Å². The van der Waals surface area contributed by atoms with Crippen LogP contribution < -0.4 is 5.32 Å². The lowest BCUT2D eigenvalue weighted by molar-refractivity contribution is -0.140. The highest BCUT2D eigenvalue weighted by Crippen LogP contribution is 2.41. The molecule has 0 spiro atoms. The van der Waals surface area contributed by atoms with E-state index < -0.39 is 17.9 Å². The predicted octanol–water partition coefficient (Wildman–Crippen LogP) is 5.18. The van der Waals surface area contributed by atoms with Gasteiger partial charge in [-0.3, -0.25) is 0 Å². The first-order chi connectivity index (χ1) is 17.8. The molecule has 1 aliphatic heterocycles. The number of carbonyl (C=O) groups excluding carboxylic acids is 2. The van der Waals surface area contributed by atoms with E-state index >= 15 is 0 Å². The molecule has 0 fully saturated rings. The molecule has 0 aliphatic carbocycles. The SMILES string of the molecule is CC1=C(C(=O)OCCc2ccccc2)C(c2[nH]c(C)nc2Cl)C(C(=O)OCCc2ccccc2)=C(C)N1. The zero-order chi connectivity index (χ0) is 26.4. The van der Waals surface area contributed by atoms with Gasteiger partial charge in [0, 0.05) is 24.2 Å². The minimum atomic E-state index is -0.816. The molecule has 2 N–H and O–H groups in total. The minimum Gasteiger partial charge on any atom is -0.462 e. The molecule has 2 heterocycles. The molecule has 8 heteroatoms. The maximum absolute atomic E-state index is 13.4. The van der Waals surface area contributed by atoms with E-state index in [1.54, 1.807) is 20.8 Å². The lowest BCUT2D eigenvalue weighted by atomic mass is 9.83. The number of H-pyrrole nitrogens is 1. The third-order valence-corrected chi connectivity index (χ3v) is 6.51. The van der Waals surface area contributed by atoms with Crippen LogP contribution in [0.25, 0.3) is 0 Å². The highest BCUT2D eigenvalue weighted by Gasteiger charge is 2.40. The molecule has 7 nitrogen and oxygen atoms in total. The van der Waals surface area contributed by atoms with Crippen molar-refractivity contribution in [1.29, 1.82) is 0 Å². The number of aromatic amines is 1. The Morgan fingerprint density at radius 2 is 1.27 bits per heavy atom. The first-order valence-corrected chi connectivity index (χ1v) is 12.6. The van der Waals surface area contributed by atoms with E-state index in [9.17, 15) is 9.59 Å². The van der Waals surface area contributed by atoms with Gasteiger partial charge in [-0.05, 0) is 31.9 Å². The van der Waals surface area contributed by atoms with E-state index in [4.69, 9.17) is 21.1 Å². The van der Waals surface area contributed by atoms with Gasteiger partial charge in [0.25, 0.3) is 0 Å². The summed E-state index contributed by atoms with van der Waals surface area (Å²) in [4.78, 5) is 34.2. The van der Waals surface area contributed by atoms with Gasteiger partial charge >= 0.3 is 11.9 Å². The normalized spacial score (nSPS) is 13.9. The summed E-state index contributed by atoms with van der Waals surface area (Å²) >= 11 is 6.47. The molecule has 0 bridgehead atoms. The lowest BCUT2D eigenvalue weighted by Gasteiger charge is -2.29. The number of nitrogens with zero attached hydrogens (tertiary/aromatic N) is 1. The Morgan fingerprint density at radius 1 is 0.811 bits per heavy atom. The summed E-state index contributed by atoms with van der Waals surface area (Å²) in [6.45, 7) is 5.71. The molecule has 0 unspecified atom stereocenters. The van der Waals surface area contributed by atoms with Gasteiger partial charge < -0.3 is 19.8 Å². The summed E-state index contributed by atoms with van der Waals surface area (Å²) in [5, 5.41) is 3.35. The number of esters is 2. The average molecular weight is 520 g/mol. The first kappa shape index (κ1) is 26.2. The molecule has 2 aromatic carbocycles. The molecule has 0 amide bonds. The van der Waals surface area contributed by atoms with Gasteiger partial charge in [0.15, 0.2) is 5.15 Å². The van der Waals surface area contributed by atoms with Crippen LogP contribution in [0.3, 0.4) is 0 Å². The van der Waals surface area contributed by atoms with E-state index in [0.29, 0.717) is 46.9 Å². The van der Waals surface area contributed by atoms with Gasteiger partial charge in [0.2, 0.25) is 0 Å². The molecule has 3 aromatic rings. The van der Waals surface area contributed by atoms with Crippen LogP contribution in [0.2, 0.25) is 5.15 Å². The molecular formula is C29H30ClN3O4. The number of dihydropyridines is 1. The van der Waals surface area contributed by atoms with Crippen molar-refractivity contribution in [2.45, 2.75) is 39.5 Å². The van der Waals surface area contributed by atoms with Crippen molar-refractivity contribution in [2.75, 3.05) is 13.2 Å². The zero-order valence-corrected chi connectivity index (χ0v) is 21.9. The van der Waals surface area contributed by atoms with Crippen LogP contribution in [-0.2, 0) is 31.9 Å². The number of imidazole rings is 1. The number of benzene rings is 2. The highest BCUT2D eigenvalue weighted by molar-refractivity contribution is 6.30. The monoisotopic (exact) mass is 519 g/mol. The lowest BCUT2D eigenvalue weighted by Crippen LogP contribution is -2.33. The van der Waals surface area contributed by atoms with Crippen LogP contribution >= 0.6 is 11.6 Å². The number of carbonyl (C=O) groups is 2. The van der Waals surface area contributed by atoms with Crippen molar-refractivity contribution in [3.8, 4) is 0 Å². The van der Waals surface area contributed by atoms with Gasteiger partial charge in [-0.1, -0.05) is 72.3 Å². The number of aryl methyl sites for hydroxylation is 1. The van der Waals surface area contributed by atoms with Crippen molar-refractivity contribution in [2.24, 2.45) is 0 Å². The highest BCUT2D eigenvalue weighted by atomic mass is 35.5.